The minimum Gasteiger partial charge on any atom is -0.462 e. The van der Waals surface area contributed by atoms with Crippen molar-refractivity contribution in [2.45, 2.75) is 31.8 Å². The molecule has 2 aromatic carbocycles. The van der Waals surface area contributed by atoms with Crippen molar-refractivity contribution in [3.05, 3.63) is 65.7 Å². The number of benzene rings is 2. The predicted molar refractivity (Wildman–Crippen MR) is 99.5 cm³/mol. The molecular weight excluding hydrogens is 330 g/mol. The molecule has 26 heavy (non-hydrogen) atoms. The molecule has 0 radical (unpaired) electrons. The third kappa shape index (κ3) is 4.47. The molecule has 2 atom stereocenters. The molecule has 136 valence electrons. The smallest absolute Gasteiger partial charge is 0.338 e. The Hall–Kier alpha value is -2.70. The van der Waals surface area contributed by atoms with Gasteiger partial charge in [0.1, 0.15) is 6.04 Å². The lowest BCUT2D eigenvalue weighted by molar-refractivity contribution is -0.117. The third-order valence-electron chi connectivity index (χ3n) is 4.25. The van der Waals surface area contributed by atoms with Gasteiger partial charge >= 0.3 is 5.97 Å². The van der Waals surface area contributed by atoms with Crippen molar-refractivity contribution in [3.8, 4) is 0 Å². The molecule has 2 unspecified atom stereocenters. The first-order valence-electron chi connectivity index (χ1n) is 8.81. The molecule has 3 rings (SSSR count). The summed E-state index contributed by atoms with van der Waals surface area (Å²) in [5.41, 5.74) is 8.47. The van der Waals surface area contributed by atoms with Gasteiger partial charge in [0, 0.05) is 11.7 Å². The van der Waals surface area contributed by atoms with Gasteiger partial charge < -0.3 is 10.1 Å². The third-order valence-corrected chi connectivity index (χ3v) is 4.25. The van der Waals surface area contributed by atoms with E-state index in [2.05, 4.69) is 16.2 Å². The van der Waals surface area contributed by atoms with Gasteiger partial charge in [0.05, 0.1) is 12.2 Å². The van der Waals surface area contributed by atoms with Gasteiger partial charge in [0.15, 0.2) is 0 Å². The Kier molecular flexibility index (Phi) is 5.99. The van der Waals surface area contributed by atoms with Crippen LogP contribution in [0.25, 0.3) is 0 Å². The van der Waals surface area contributed by atoms with E-state index >= 15 is 0 Å². The number of rotatable bonds is 6. The van der Waals surface area contributed by atoms with Crippen LogP contribution in [-0.4, -0.2) is 24.5 Å². The summed E-state index contributed by atoms with van der Waals surface area (Å²) in [6, 6.07) is 16.5. The fourth-order valence-electron chi connectivity index (χ4n) is 2.83. The van der Waals surface area contributed by atoms with Gasteiger partial charge in [0.2, 0.25) is 5.91 Å². The fraction of sp³-hybridized carbons (Fsp3) is 0.300. The van der Waals surface area contributed by atoms with Crippen molar-refractivity contribution in [1.82, 2.24) is 10.9 Å². The lowest BCUT2D eigenvalue weighted by Crippen LogP contribution is -2.39. The summed E-state index contributed by atoms with van der Waals surface area (Å²) in [5.74, 6) is -0.464. The van der Waals surface area contributed by atoms with E-state index in [1.54, 1.807) is 24.3 Å². The number of anilines is 1. The minimum absolute atomic E-state index is 0.0997. The van der Waals surface area contributed by atoms with Crippen LogP contribution in [0.2, 0.25) is 0 Å². The van der Waals surface area contributed by atoms with Gasteiger partial charge in [-0.2, -0.15) is 0 Å². The number of carbonyl (C=O) groups is 2. The molecule has 1 aliphatic rings. The Morgan fingerprint density at radius 3 is 2.50 bits per heavy atom. The number of amides is 1. The molecule has 1 saturated heterocycles. The van der Waals surface area contributed by atoms with E-state index in [-0.39, 0.29) is 24.0 Å². The molecule has 3 N–H and O–H groups in total. The van der Waals surface area contributed by atoms with Gasteiger partial charge in [-0.25, -0.2) is 15.6 Å². The number of hydrogen-bond acceptors (Lipinski definition) is 5. The molecule has 1 fully saturated rings. The maximum Gasteiger partial charge on any atom is 0.338 e. The summed E-state index contributed by atoms with van der Waals surface area (Å²) in [4.78, 5) is 24.2. The minimum atomic E-state index is -0.350. The molecule has 1 amide bonds. The zero-order valence-electron chi connectivity index (χ0n) is 14.7. The van der Waals surface area contributed by atoms with Crippen molar-refractivity contribution in [2.24, 2.45) is 0 Å². The van der Waals surface area contributed by atoms with Gasteiger partial charge in [0.25, 0.3) is 0 Å². The summed E-state index contributed by atoms with van der Waals surface area (Å²) in [5, 5.41) is 2.87. The fourth-order valence-corrected chi connectivity index (χ4v) is 2.83. The molecule has 2 aromatic rings. The highest BCUT2D eigenvalue weighted by molar-refractivity contribution is 5.96. The Bertz CT molecular complexity index is 747. The molecule has 0 aliphatic carbocycles. The Morgan fingerprint density at radius 1 is 1.08 bits per heavy atom. The molecule has 6 nitrogen and oxygen atoms in total. The van der Waals surface area contributed by atoms with Crippen LogP contribution in [0.15, 0.2) is 54.6 Å². The van der Waals surface area contributed by atoms with Crippen LogP contribution in [0.1, 0.15) is 41.7 Å². The normalized spacial score (nSPS) is 19.1. The first-order valence-corrected chi connectivity index (χ1v) is 8.81. The van der Waals surface area contributed by atoms with Gasteiger partial charge in [-0.3, -0.25) is 4.79 Å². The second-order valence-electron chi connectivity index (χ2n) is 6.24. The molecule has 1 heterocycles. The van der Waals surface area contributed by atoms with E-state index in [0.717, 1.165) is 12.0 Å². The molecular formula is C20H23N3O3. The molecule has 1 aliphatic heterocycles. The number of carbonyl (C=O) groups excluding carboxylic acids is 2. The maximum atomic E-state index is 12.4. The monoisotopic (exact) mass is 353 g/mol. The Balaban J connectivity index is 1.54. The van der Waals surface area contributed by atoms with E-state index in [4.69, 9.17) is 4.74 Å². The van der Waals surface area contributed by atoms with E-state index in [1.165, 1.54) is 0 Å². The molecule has 0 bridgehead atoms. The summed E-state index contributed by atoms with van der Waals surface area (Å²) in [7, 11) is 0. The topological polar surface area (TPSA) is 79.5 Å². The predicted octanol–water partition coefficient (Wildman–Crippen LogP) is 2.80. The zero-order valence-corrected chi connectivity index (χ0v) is 14.7. The Morgan fingerprint density at radius 2 is 1.81 bits per heavy atom. The average molecular weight is 353 g/mol. The van der Waals surface area contributed by atoms with Crippen molar-refractivity contribution in [1.29, 1.82) is 0 Å². The standard InChI is InChI=1S/C20H23N3O3/c1-2-12-26-20(25)15-8-10-16(11-9-15)21-19(24)18-13-17(22-23-18)14-6-4-3-5-7-14/h3-11,17-18,22-23H,2,12-13H2,1H3,(H,21,24). The van der Waals surface area contributed by atoms with E-state index in [9.17, 15) is 9.59 Å². The van der Waals surface area contributed by atoms with Crippen molar-refractivity contribution < 1.29 is 14.3 Å². The molecule has 0 saturated carbocycles. The molecule has 0 spiro atoms. The van der Waals surface area contributed by atoms with Crippen molar-refractivity contribution in [3.63, 3.8) is 0 Å². The average Bonchev–Trinajstić information content (AvgIpc) is 3.18. The second-order valence-corrected chi connectivity index (χ2v) is 6.24. The first kappa shape index (κ1) is 18.1. The highest BCUT2D eigenvalue weighted by atomic mass is 16.5. The van der Waals surface area contributed by atoms with Crippen LogP contribution < -0.4 is 16.2 Å². The maximum absolute atomic E-state index is 12.4. The van der Waals surface area contributed by atoms with Crippen LogP contribution >= 0.6 is 0 Å². The highest BCUT2D eigenvalue weighted by Gasteiger charge is 2.30. The van der Waals surface area contributed by atoms with Crippen molar-refractivity contribution >= 4 is 17.6 Å². The van der Waals surface area contributed by atoms with E-state index in [1.807, 2.05) is 37.3 Å². The number of esters is 1. The lowest BCUT2D eigenvalue weighted by Gasteiger charge is -2.11. The Labute approximate surface area is 152 Å². The van der Waals surface area contributed by atoms with Gasteiger partial charge in [-0.15, -0.1) is 0 Å². The van der Waals surface area contributed by atoms with Crippen LogP contribution in [0.4, 0.5) is 5.69 Å². The number of hydrogen-bond donors (Lipinski definition) is 3. The SMILES string of the molecule is CCCOC(=O)c1ccc(NC(=O)C2CC(c3ccccc3)NN2)cc1. The van der Waals surface area contributed by atoms with E-state index < -0.39 is 0 Å². The number of nitrogens with one attached hydrogen (secondary N) is 3. The zero-order chi connectivity index (χ0) is 18.4. The summed E-state index contributed by atoms with van der Waals surface area (Å²) in [6.07, 6.45) is 1.45. The lowest BCUT2D eigenvalue weighted by atomic mass is 10.0. The van der Waals surface area contributed by atoms with Crippen LogP contribution in [0, 0.1) is 0 Å². The largest absolute Gasteiger partial charge is 0.462 e. The number of hydrazine groups is 1. The number of ether oxygens (including phenoxy) is 1. The van der Waals surface area contributed by atoms with Gasteiger partial charge in [-0.05, 0) is 42.7 Å². The summed E-state index contributed by atoms with van der Waals surface area (Å²) >= 11 is 0. The van der Waals surface area contributed by atoms with Crippen LogP contribution in [0.3, 0.4) is 0 Å². The molecule has 6 heteroatoms. The van der Waals surface area contributed by atoms with Crippen LogP contribution in [0.5, 0.6) is 0 Å². The van der Waals surface area contributed by atoms with Gasteiger partial charge in [-0.1, -0.05) is 37.3 Å². The summed E-state index contributed by atoms with van der Waals surface area (Å²) < 4.78 is 5.09. The second kappa shape index (κ2) is 8.60. The van der Waals surface area contributed by atoms with Crippen LogP contribution in [-0.2, 0) is 9.53 Å². The highest BCUT2D eigenvalue weighted by Crippen LogP contribution is 2.22. The first-order chi connectivity index (χ1) is 12.7. The van der Waals surface area contributed by atoms with Crippen molar-refractivity contribution in [2.75, 3.05) is 11.9 Å². The summed E-state index contributed by atoms with van der Waals surface area (Å²) in [6.45, 7) is 2.35. The van der Waals surface area contributed by atoms with E-state index in [0.29, 0.717) is 24.3 Å². The molecule has 0 aromatic heterocycles. The quantitative estimate of drug-likeness (QED) is 0.696.